The lowest BCUT2D eigenvalue weighted by Crippen LogP contribution is -2.11. The van der Waals surface area contributed by atoms with Gasteiger partial charge in [-0.25, -0.2) is 0 Å². The highest BCUT2D eigenvalue weighted by molar-refractivity contribution is 5.29. The van der Waals surface area contributed by atoms with E-state index in [0.717, 1.165) is 24.2 Å². The van der Waals surface area contributed by atoms with Crippen molar-refractivity contribution in [3.63, 3.8) is 0 Å². The van der Waals surface area contributed by atoms with Gasteiger partial charge in [-0.15, -0.1) is 0 Å². The normalized spacial score (nSPS) is 12.1. The Balaban J connectivity index is 1.90. The maximum atomic E-state index is 6.21. The maximum absolute atomic E-state index is 6.21. The molecule has 0 aliphatic heterocycles. The van der Waals surface area contributed by atoms with Gasteiger partial charge < -0.3 is 10.5 Å². The van der Waals surface area contributed by atoms with E-state index in [1.807, 2.05) is 55.7 Å². The highest BCUT2D eigenvalue weighted by Crippen LogP contribution is 2.20. The van der Waals surface area contributed by atoms with Crippen LogP contribution in [0.15, 0.2) is 48.8 Å². The SMILES string of the molecule is CCOc1ccc(C(N)CCc2ccncc2)cc1. The van der Waals surface area contributed by atoms with Gasteiger partial charge in [-0.3, -0.25) is 4.98 Å². The van der Waals surface area contributed by atoms with Crippen molar-refractivity contribution >= 4 is 0 Å². The molecule has 1 aromatic carbocycles. The molecule has 2 N–H and O–H groups in total. The van der Waals surface area contributed by atoms with Crippen molar-refractivity contribution in [2.75, 3.05) is 6.61 Å². The summed E-state index contributed by atoms with van der Waals surface area (Å²) in [4.78, 5) is 4.01. The molecule has 0 radical (unpaired) electrons. The molecule has 0 spiro atoms. The molecular formula is C16H20N2O. The van der Waals surface area contributed by atoms with Crippen molar-refractivity contribution < 1.29 is 4.74 Å². The highest BCUT2D eigenvalue weighted by atomic mass is 16.5. The molecule has 3 nitrogen and oxygen atoms in total. The van der Waals surface area contributed by atoms with Gasteiger partial charge in [0.05, 0.1) is 6.61 Å². The summed E-state index contributed by atoms with van der Waals surface area (Å²) in [6.45, 7) is 2.67. The van der Waals surface area contributed by atoms with Crippen LogP contribution in [0.1, 0.15) is 30.5 Å². The van der Waals surface area contributed by atoms with Crippen LogP contribution in [0.25, 0.3) is 0 Å². The Morgan fingerprint density at radius 1 is 1.11 bits per heavy atom. The van der Waals surface area contributed by atoms with Gasteiger partial charge in [0, 0.05) is 18.4 Å². The number of pyridine rings is 1. The Morgan fingerprint density at radius 3 is 2.42 bits per heavy atom. The van der Waals surface area contributed by atoms with Crippen LogP contribution in [-0.2, 0) is 6.42 Å². The molecule has 3 heteroatoms. The van der Waals surface area contributed by atoms with Crippen molar-refractivity contribution in [1.29, 1.82) is 0 Å². The minimum Gasteiger partial charge on any atom is -0.494 e. The molecule has 0 aliphatic carbocycles. The molecule has 100 valence electrons. The van der Waals surface area contributed by atoms with Crippen molar-refractivity contribution in [3.8, 4) is 5.75 Å². The number of benzene rings is 1. The molecule has 0 bridgehead atoms. The standard InChI is InChI=1S/C16H20N2O/c1-2-19-15-6-4-14(5-7-15)16(17)8-3-13-9-11-18-12-10-13/h4-7,9-12,16H,2-3,8,17H2,1H3. The largest absolute Gasteiger partial charge is 0.494 e. The molecule has 1 heterocycles. The molecule has 2 aromatic rings. The fourth-order valence-electron chi connectivity index (χ4n) is 2.02. The number of rotatable bonds is 6. The number of ether oxygens (including phenoxy) is 1. The molecule has 0 saturated heterocycles. The van der Waals surface area contributed by atoms with Crippen LogP contribution in [-0.4, -0.2) is 11.6 Å². The summed E-state index contributed by atoms with van der Waals surface area (Å²) in [6.07, 6.45) is 5.53. The minimum absolute atomic E-state index is 0.0591. The molecule has 1 unspecified atom stereocenters. The molecule has 2 rings (SSSR count). The first-order valence-corrected chi connectivity index (χ1v) is 6.67. The molecule has 0 aliphatic rings. The average molecular weight is 256 g/mol. The summed E-state index contributed by atoms with van der Waals surface area (Å²) in [6, 6.07) is 12.2. The van der Waals surface area contributed by atoms with E-state index in [4.69, 9.17) is 10.5 Å². The second-order valence-electron chi connectivity index (χ2n) is 4.50. The Hall–Kier alpha value is -1.87. The van der Waals surface area contributed by atoms with Crippen molar-refractivity contribution in [3.05, 3.63) is 59.9 Å². The van der Waals surface area contributed by atoms with Crippen LogP contribution in [0.4, 0.5) is 0 Å². The minimum atomic E-state index is 0.0591. The number of aryl methyl sites for hydroxylation is 1. The average Bonchev–Trinajstić information content (AvgIpc) is 2.47. The van der Waals surface area contributed by atoms with E-state index >= 15 is 0 Å². The van der Waals surface area contributed by atoms with Crippen LogP contribution < -0.4 is 10.5 Å². The van der Waals surface area contributed by atoms with Crippen molar-refractivity contribution in [2.45, 2.75) is 25.8 Å². The number of hydrogen-bond donors (Lipinski definition) is 1. The van der Waals surface area contributed by atoms with E-state index < -0.39 is 0 Å². The van der Waals surface area contributed by atoms with E-state index in [2.05, 4.69) is 4.98 Å². The number of nitrogens with two attached hydrogens (primary N) is 1. The Labute approximate surface area is 114 Å². The molecule has 0 fully saturated rings. The van der Waals surface area contributed by atoms with Crippen LogP contribution >= 0.6 is 0 Å². The molecule has 0 saturated carbocycles. The molecule has 1 aromatic heterocycles. The Bertz CT molecular complexity index is 482. The molecule has 0 amide bonds. The fourth-order valence-corrected chi connectivity index (χ4v) is 2.02. The third-order valence-corrected chi connectivity index (χ3v) is 3.11. The summed E-state index contributed by atoms with van der Waals surface area (Å²) >= 11 is 0. The van der Waals surface area contributed by atoms with Crippen LogP contribution in [0.3, 0.4) is 0 Å². The fraction of sp³-hybridized carbons (Fsp3) is 0.312. The van der Waals surface area contributed by atoms with E-state index in [1.54, 1.807) is 0 Å². The van der Waals surface area contributed by atoms with Gasteiger partial charge in [-0.2, -0.15) is 0 Å². The van der Waals surface area contributed by atoms with Gasteiger partial charge in [-0.05, 0) is 55.2 Å². The van der Waals surface area contributed by atoms with Gasteiger partial charge in [0.1, 0.15) is 5.75 Å². The summed E-state index contributed by atoms with van der Waals surface area (Å²) in [5, 5.41) is 0. The summed E-state index contributed by atoms with van der Waals surface area (Å²) < 4.78 is 5.42. The monoisotopic (exact) mass is 256 g/mol. The summed E-state index contributed by atoms with van der Waals surface area (Å²) in [7, 11) is 0. The van der Waals surface area contributed by atoms with E-state index in [-0.39, 0.29) is 6.04 Å². The lowest BCUT2D eigenvalue weighted by molar-refractivity contribution is 0.340. The zero-order valence-electron chi connectivity index (χ0n) is 11.3. The zero-order chi connectivity index (χ0) is 13.5. The Morgan fingerprint density at radius 2 is 1.79 bits per heavy atom. The highest BCUT2D eigenvalue weighted by Gasteiger charge is 2.06. The van der Waals surface area contributed by atoms with Crippen LogP contribution in [0.2, 0.25) is 0 Å². The van der Waals surface area contributed by atoms with Gasteiger partial charge in [0.15, 0.2) is 0 Å². The van der Waals surface area contributed by atoms with Crippen LogP contribution in [0.5, 0.6) is 5.75 Å². The molecule has 1 atom stereocenters. The van der Waals surface area contributed by atoms with Gasteiger partial charge in [-0.1, -0.05) is 12.1 Å². The van der Waals surface area contributed by atoms with E-state index in [0.29, 0.717) is 6.61 Å². The van der Waals surface area contributed by atoms with Gasteiger partial charge in [0.25, 0.3) is 0 Å². The van der Waals surface area contributed by atoms with Gasteiger partial charge in [0.2, 0.25) is 0 Å². The molecule has 19 heavy (non-hydrogen) atoms. The topological polar surface area (TPSA) is 48.1 Å². The first kappa shape index (κ1) is 13.6. The quantitative estimate of drug-likeness (QED) is 0.864. The van der Waals surface area contributed by atoms with Crippen LogP contribution in [0, 0.1) is 0 Å². The second kappa shape index (κ2) is 6.90. The predicted molar refractivity (Wildman–Crippen MR) is 77.1 cm³/mol. The third-order valence-electron chi connectivity index (χ3n) is 3.11. The lowest BCUT2D eigenvalue weighted by atomic mass is 10.0. The first-order chi connectivity index (χ1) is 9.29. The lowest BCUT2D eigenvalue weighted by Gasteiger charge is -2.12. The van der Waals surface area contributed by atoms with E-state index in [9.17, 15) is 0 Å². The summed E-state index contributed by atoms with van der Waals surface area (Å²) in [5.74, 6) is 0.896. The zero-order valence-corrected chi connectivity index (χ0v) is 11.3. The smallest absolute Gasteiger partial charge is 0.119 e. The Kier molecular flexibility index (Phi) is 4.93. The number of nitrogens with zero attached hydrogens (tertiary/aromatic N) is 1. The van der Waals surface area contributed by atoms with Gasteiger partial charge >= 0.3 is 0 Å². The third kappa shape index (κ3) is 4.07. The summed E-state index contributed by atoms with van der Waals surface area (Å²) in [5.41, 5.74) is 8.64. The van der Waals surface area contributed by atoms with Crippen molar-refractivity contribution in [1.82, 2.24) is 4.98 Å². The number of hydrogen-bond acceptors (Lipinski definition) is 3. The molecular weight excluding hydrogens is 236 g/mol. The second-order valence-corrected chi connectivity index (χ2v) is 4.50. The van der Waals surface area contributed by atoms with Crippen molar-refractivity contribution in [2.24, 2.45) is 5.73 Å². The first-order valence-electron chi connectivity index (χ1n) is 6.67. The van der Waals surface area contributed by atoms with E-state index in [1.165, 1.54) is 5.56 Å². The number of aromatic nitrogens is 1. The maximum Gasteiger partial charge on any atom is 0.119 e. The predicted octanol–water partition coefficient (Wildman–Crippen LogP) is 3.11.